The summed E-state index contributed by atoms with van der Waals surface area (Å²) in [5.41, 5.74) is 0.874. The Morgan fingerprint density at radius 3 is 2.37 bits per heavy atom. The van der Waals surface area contributed by atoms with E-state index in [1.807, 2.05) is 0 Å². The van der Waals surface area contributed by atoms with Crippen LogP contribution in [0.25, 0.3) is 0 Å². The van der Waals surface area contributed by atoms with Gasteiger partial charge in [0.05, 0.1) is 10.7 Å². The first-order chi connectivity index (χ1) is 12.8. The molecule has 0 unspecified atom stereocenters. The normalized spacial score (nSPS) is 15.6. The summed E-state index contributed by atoms with van der Waals surface area (Å²) in [6.45, 7) is 4.58. The maximum Gasteiger partial charge on any atom is 0.283 e. The third-order valence-electron chi connectivity index (χ3n) is 4.69. The summed E-state index contributed by atoms with van der Waals surface area (Å²) in [6, 6.07) is 6.36. The predicted molar refractivity (Wildman–Crippen MR) is 95.2 cm³/mol. The van der Waals surface area contributed by atoms with E-state index < -0.39 is 12.1 Å². The Hall–Kier alpha value is -2.06. The van der Waals surface area contributed by atoms with Crippen LogP contribution in [0.1, 0.15) is 23.4 Å². The summed E-state index contributed by atoms with van der Waals surface area (Å²) in [5.74, 6) is -0.447. The molecule has 0 N–H and O–H groups in total. The first-order valence-corrected chi connectivity index (χ1v) is 8.98. The number of benzene rings is 1. The molecule has 1 fully saturated rings. The third kappa shape index (κ3) is 4.62. The Balaban J connectivity index is 1.54. The number of piperazine rings is 1. The molecule has 1 saturated heterocycles. The molecule has 0 atom stereocenters. The van der Waals surface area contributed by atoms with E-state index in [1.54, 1.807) is 24.0 Å². The van der Waals surface area contributed by atoms with E-state index in [9.17, 15) is 18.0 Å². The average molecular weight is 401 g/mol. The lowest BCUT2D eigenvalue weighted by Gasteiger charge is -2.34. The topological polar surface area (TPSA) is 41.4 Å². The summed E-state index contributed by atoms with van der Waals surface area (Å²) >= 11 is 5.87. The maximum atomic E-state index is 13.0. The van der Waals surface area contributed by atoms with Gasteiger partial charge in [0.15, 0.2) is 0 Å². The Bertz CT molecular complexity index is 802. The molecule has 1 aromatic heterocycles. The zero-order chi connectivity index (χ0) is 19.6. The molecule has 1 aliphatic rings. The molecule has 2 aromatic rings. The van der Waals surface area contributed by atoms with Gasteiger partial charge < -0.3 is 4.90 Å². The van der Waals surface area contributed by atoms with Gasteiger partial charge in [0, 0.05) is 32.7 Å². The lowest BCUT2D eigenvalue weighted by molar-refractivity contribution is -0.133. The van der Waals surface area contributed by atoms with Gasteiger partial charge in [-0.25, -0.2) is 13.2 Å². The summed E-state index contributed by atoms with van der Waals surface area (Å²) in [7, 11) is 0. The highest BCUT2D eigenvalue weighted by atomic mass is 35.5. The standard InChI is InChI=1S/C18H20ClF3N4O/c1-12-16(19)17(18(21)22)23-26(12)11-15(27)25-8-6-24(7-9-25)10-13-2-4-14(20)5-3-13/h2-5,18H,6-11H2,1H3. The van der Waals surface area contributed by atoms with E-state index in [0.29, 0.717) is 38.4 Å². The van der Waals surface area contributed by atoms with E-state index in [1.165, 1.54) is 16.8 Å². The largest absolute Gasteiger partial charge is 0.339 e. The van der Waals surface area contributed by atoms with Crippen LogP contribution in [0.3, 0.4) is 0 Å². The summed E-state index contributed by atoms with van der Waals surface area (Å²) in [4.78, 5) is 16.4. The zero-order valence-corrected chi connectivity index (χ0v) is 15.6. The molecule has 27 heavy (non-hydrogen) atoms. The van der Waals surface area contributed by atoms with Gasteiger partial charge in [-0.15, -0.1) is 0 Å². The summed E-state index contributed by atoms with van der Waals surface area (Å²) in [6.07, 6.45) is -2.78. The summed E-state index contributed by atoms with van der Waals surface area (Å²) in [5, 5.41) is 3.67. The van der Waals surface area contributed by atoms with Gasteiger partial charge >= 0.3 is 0 Å². The van der Waals surface area contributed by atoms with Crippen molar-refractivity contribution in [1.29, 1.82) is 0 Å². The molecule has 0 bridgehead atoms. The highest BCUT2D eigenvalue weighted by Gasteiger charge is 2.25. The van der Waals surface area contributed by atoms with Gasteiger partial charge in [0.25, 0.3) is 6.43 Å². The highest BCUT2D eigenvalue weighted by Crippen LogP contribution is 2.28. The fourth-order valence-corrected chi connectivity index (χ4v) is 3.29. The van der Waals surface area contributed by atoms with Crippen molar-refractivity contribution in [3.63, 3.8) is 0 Å². The minimum absolute atomic E-state index is 0.0954. The number of carbonyl (C=O) groups excluding carboxylic acids is 1. The smallest absolute Gasteiger partial charge is 0.283 e. The van der Waals surface area contributed by atoms with Gasteiger partial charge in [-0.3, -0.25) is 14.4 Å². The molecule has 0 saturated carbocycles. The second-order valence-corrected chi connectivity index (χ2v) is 6.90. The molecular formula is C18H20ClF3N4O. The van der Waals surface area contributed by atoms with Crippen molar-refractivity contribution in [2.24, 2.45) is 0 Å². The molecule has 2 heterocycles. The molecule has 1 amide bonds. The molecule has 0 spiro atoms. The van der Waals surface area contributed by atoms with Crippen LogP contribution in [0.15, 0.2) is 24.3 Å². The molecule has 1 aromatic carbocycles. The van der Waals surface area contributed by atoms with Crippen molar-refractivity contribution >= 4 is 17.5 Å². The zero-order valence-electron chi connectivity index (χ0n) is 14.8. The number of alkyl halides is 2. The quantitative estimate of drug-likeness (QED) is 0.773. The minimum Gasteiger partial charge on any atom is -0.339 e. The van der Waals surface area contributed by atoms with Crippen molar-refractivity contribution in [2.75, 3.05) is 26.2 Å². The molecule has 146 valence electrons. The molecular weight excluding hydrogens is 381 g/mol. The maximum absolute atomic E-state index is 13.0. The lowest BCUT2D eigenvalue weighted by atomic mass is 10.2. The van der Waals surface area contributed by atoms with Gasteiger partial charge in [-0.1, -0.05) is 23.7 Å². The number of amides is 1. The summed E-state index contributed by atoms with van der Waals surface area (Å²) < 4.78 is 40.0. The first kappa shape index (κ1) is 19.7. The first-order valence-electron chi connectivity index (χ1n) is 8.60. The number of carbonyl (C=O) groups is 1. The SMILES string of the molecule is Cc1c(Cl)c(C(F)F)nn1CC(=O)N1CCN(Cc2ccc(F)cc2)CC1. The fraction of sp³-hybridized carbons (Fsp3) is 0.444. The Kier molecular flexibility index (Phi) is 6.06. The van der Waals surface area contributed by atoms with Crippen LogP contribution in [-0.4, -0.2) is 51.7 Å². The van der Waals surface area contributed by atoms with Crippen LogP contribution in [-0.2, 0) is 17.9 Å². The minimum atomic E-state index is -2.78. The molecule has 1 aliphatic heterocycles. The molecule has 5 nitrogen and oxygen atoms in total. The second kappa shape index (κ2) is 8.31. The van der Waals surface area contributed by atoms with Gasteiger partial charge in [-0.2, -0.15) is 5.10 Å². The van der Waals surface area contributed by atoms with Crippen molar-refractivity contribution in [2.45, 2.75) is 26.4 Å². The van der Waals surface area contributed by atoms with Crippen LogP contribution in [0, 0.1) is 12.7 Å². The van der Waals surface area contributed by atoms with Crippen LogP contribution in [0.4, 0.5) is 13.2 Å². The highest BCUT2D eigenvalue weighted by molar-refractivity contribution is 6.31. The van der Waals surface area contributed by atoms with E-state index in [2.05, 4.69) is 10.00 Å². The second-order valence-electron chi connectivity index (χ2n) is 6.53. The Morgan fingerprint density at radius 1 is 1.19 bits per heavy atom. The number of aromatic nitrogens is 2. The van der Waals surface area contributed by atoms with Gasteiger partial charge in [0.1, 0.15) is 18.1 Å². The average Bonchev–Trinajstić information content (AvgIpc) is 2.93. The van der Waals surface area contributed by atoms with E-state index in [4.69, 9.17) is 11.6 Å². The number of nitrogens with zero attached hydrogens (tertiary/aromatic N) is 4. The van der Waals surface area contributed by atoms with Crippen molar-refractivity contribution in [1.82, 2.24) is 19.6 Å². The number of hydrogen-bond acceptors (Lipinski definition) is 3. The van der Waals surface area contributed by atoms with Crippen molar-refractivity contribution in [3.05, 3.63) is 52.1 Å². The van der Waals surface area contributed by atoms with E-state index in [0.717, 1.165) is 5.56 Å². The molecule has 9 heteroatoms. The molecule has 3 rings (SSSR count). The van der Waals surface area contributed by atoms with Crippen LogP contribution in [0.2, 0.25) is 5.02 Å². The number of rotatable bonds is 5. The van der Waals surface area contributed by atoms with E-state index in [-0.39, 0.29) is 23.3 Å². The van der Waals surface area contributed by atoms with Gasteiger partial charge in [-0.05, 0) is 24.6 Å². The fourth-order valence-electron chi connectivity index (χ4n) is 3.07. The Morgan fingerprint density at radius 2 is 1.81 bits per heavy atom. The lowest BCUT2D eigenvalue weighted by Crippen LogP contribution is -2.49. The number of halogens is 4. The third-order valence-corrected chi connectivity index (χ3v) is 5.16. The molecule has 0 aliphatic carbocycles. The van der Waals surface area contributed by atoms with Crippen LogP contribution in [0.5, 0.6) is 0 Å². The number of hydrogen-bond donors (Lipinski definition) is 0. The van der Waals surface area contributed by atoms with E-state index >= 15 is 0 Å². The van der Waals surface area contributed by atoms with Crippen LogP contribution >= 0.6 is 11.6 Å². The monoisotopic (exact) mass is 400 g/mol. The van der Waals surface area contributed by atoms with Crippen molar-refractivity contribution < 1.29 is 18.0 Å². The Labute approximate surface area is 160 Å². The van der Waals surface area contributed by atoms with Crippen LogP contribution < -0.4 is 0 Å². The van der Waals surface area contributed by atoms with Gasteiger partial charge in [0.2, 0.25) is 5.91 Å². The molecule has 0 radical (unpaired) electrons. The van der Waals surface area contributed by atoms with Crippen molar-refractivity contribution in [3.8, 4) is 0 Å². The predicted octanol–water partition coefficient (Wildman–Crippen LogP) is 3.27.